The summed E-state index contributed by atoms with van der Waals surface area (Å²) in [6.07, 6.45) is 0. The van der Waals surface area contributed by atoms with E-state index >= 15 is 0 Å². The molecule has 2 heterocycles. The first kappa shape index (κ1) is 20.4. The molecule has 9 heteroatoms. The Kier molecular flexibility index (Phi) is 5.57. The number of ether oxygens (including phenoxy) is 1. The standard InChI is InChI=1S/C20H21N5O3S/c1-11(22-17-15(10-21)19(26)25(4)20(27)24(17)3)16-12(2)23-18(29-16)13-6-8-14(28-5)9-7-13/h6-9,11,22H,1-5H3. The Balaban J connectivity index is 1.98. The Labute approximate surface area is 171 Å². The Hall–Kier alpha value is -3.38. The van der Waals surface area contributed by atoms with Gasteiger partial charge in [-0.05, 0) is 38.1 Å². The van der Waals surface area contributed by atoms with E-state index < -0.39 is 11.2 Å². The number of nitrogens with one attached hydrogen (secondary N) is 1. The first-order valence-electron chi connectivity index (χ1n) is 8.86. The fraction of sp³-hybridized carbons (Fsp3) is 0.300. The Bertz CT molecular complexity index is 1220. The number of anilines is 1. The largest absolute Gasteiger partial charge is 0.497 e. The van der Waals surface area contributed by atoms with Gasteiger partial charge >= 0.3 is 5.69 Å². The predicted octanol–water partition coefficient (Wildman–Crippen LogP) is 2.57. The van der Waals surface area contributed by atoms with Gasteiger partial charge in [-0.3, -0.25) is 13.9 Å². The number of thiazole rings is 1. The zero-order valence-corrected chi connectivity index (χ0v) is 17.6. The number of nitrogens with zero attached hydrogens (tertiary/aromatic N) is 4. The maximum Gasteiger partial charge on any atom is 0.332 e. The van der Waals surface area contributed by atoms with Crippen LogP contribution in [0.4, 0.5) is 5.82 Å². The second-order valence-electron chi connectivity index (χ2n) is 6.60. The lowest BCUT2D eigenvalue weighted by atomic mass is 10.2. The summed E-state index contributed by atoms with van der Waals surface area (Å²) < 4.78 is 7.39. The van der Waals surface area contributed by atoms with Gasteiger partial charge in [-0.2, -0.15) is 5.26 Å². The highest BCUT2D eigenvalue weighted by atomic mass is 32.1. The van der Waals surface area contributed by atoms with Crippen molar-refractivity contribution < 1.29 is 4.74 Å². The van der Waals surface area contributed by atoms with Gasteiger partial charge in [0.05, 0.1) is 18.8 Å². The van der Waals surface area contributed by atoms with Crippen LogP contribution in [0, 0.1) is 18.3 Å². The van der Waals surface area contributed by atoms with Crippen LogP contribution in [-0.4, -0.2) is 21.2 Å². The monoisotopic (exact) mass is 411 g/mol. The molecular formula is C20H21N5O3S. The van der Waals surface area contributed by atoms with Crippen molar-refractivity contribution in [2.45, 2.75) is 19.9 Å². The number of aryl methyl sites for hydroxylation is 1. The second kappa shape index (κ2) is 7.93. The number of rotatable bonds is 5. The van der Waals surface area contributed by atoms with Crippen molar-refractivity contribution in [1.82, 2.24) is 14.1 Å². The molecule has 0 saturated heterocycles. The average molecular weight is 411 g/mol. The van der Waals surface area contributed by atoms with E-state index in [2.05, 4.69) is 10.3 Å². The summed E-state index contributed by atoms with van der Waals surface area (Å²) in [4.78, 5) is 30.2. The Morgan fingerprint density at radius 1 is 1.21 bits per heavy atom. The van der Waals surface area contributed by atoms with Crippen molar-refractivity contribution in [3.8, 4) is 22.4 Å². The van der Waals surface area contributed by atoms with Crippen molar-refractivity contribution in [3.63, 3.8) is 0 Å². The van der Waals surface area contributed by atoms with Crippen LogP contribution in [0.25, 0.3) is 10.6 Å². The molecular weight excluding hydrogens is 390 g/mol. The number of benzene rings is 1. The van der Waals surface area contributed by atoms with Crippen molar-refractivity contribution in [2.24, 2.45) is 14.1 Å². The summed E-state index contributed by atoms with van der Waals surface area (Å²) in [7, 11) is 4.50. The van der Waals surface area contributed by atoms with Gasteiger partial charge in [0.1, 0.15) is 22.6 Å². The minimum Gasteiger partial charge on any atom is -0.497 e. The van der Waals surface area contributed by atoms with E-state index in [1.165, 1.54) is 30.0 Å². The third-order valence-corrected chi connectivity index (χ3v) is 6.08. The predicted molar refractivity (Wildman–Crippen MR) is 113 cm³/mol. The molecule has 150 valence electrons. The van der Waals surface area contributed by atoms with E-state index in [1.807, 2.05) is 44.2 Å². The topological polar surface area (TPSA) is 102 Å². The van der Waals surface area contributed by atoms with Crippen LogP contribution in [0.15, 0.2) is 33.9 Å². The first-order chi connectivity index (χ1) is 13.8. The van der Waals surface area contributed by atoms with E-state index in [4.69, 9.17) is 4.74 Å². The molecule has 1 unspecified atom stereocenters. The number of hydrogen-bond acceptors (Lipinski definition) is 7. The quantitative estimate of drug-likeness (QED) is 0.692. The minimum absolute atomic E-state index is 0.0982. The summed E-state index contributed by atoms with van der Waals surface area (Å²) in [5, 5.41) is 13.4. The average Bonchev–Trinajstić information content (AvgIpc) is 3.12. The fourth-order valence-corrected chi connectivity index (χ4v) is 4.13. The van der Waals surface area contributed by atoms with E-state index in [1.54, 1.807) is 7.11 Å². The maximum absolute atomic E-state index is 12.3. The van der Waals surface area contributed by atoms with Crippen LogP contribution in [0.3, 0.4) is 0 Å². The normalized spacial score (nSPS) is 11.7. The van der Waals surface area contributed by atoms with Gasteiger partial charge in [-0.1, -0.05) is 0 Å². The van der Waals surface area contributed by atoms with Crippen LogP contribution in [0.2, 0.25) is 0 Å². The third kappa shape index (κ3) is 3.67. The molecule has 0 aliphatic carbocycles. The SMILES string of the molecule is COc1ccc(-c2nc(C)c(C(C)Nc3c(C#N)c(=O)n(C)c(=O)n3C)s2)cc1. The molecule has 3 aromatic rings. The number of aromatic nitrogens is 3. The van der Waals surface area contributed by atoms with Gasteiger partial charge in [0.25, 0.3) is 5.56 Å². The minimum atomic E-state index is -0.620. The Morgan fingerprint density at radius 3 is 2.45 bits per heavy atom. The highest BCUT2D eigenvalue weighted by Crippen LogP contribution is 2.33. The van der Waals surface area contributed by atoms with Gasteiger partial charge in [0.15, 0.2) is 5.56 Å². The molecule has 0 aliphatic rings. The van der Waals surface area contributed by atoms with Crippen LogP contribution >= 0.6 is 11.3 Å². The third-order valence-electron chi connectivity index (χ3n) is 4.69. The number of methoxy groups -OCH3 is 1. The van der Waals surface area contributed by atoms with Crippen LogP contribution in [0.1, 0.15) is 29.1 Å². The van der Waals surface area contributed by atoms with E-state index in [-0.39, 0.29) is 17.4 Å². The molecule has 1 aromatic carbocycles. The lowest BCUT2D eigenvalue weighted by Gasteiger charge is -2.18. The van der Waals surface area contributed by atoms with Crippen molar-refractivity contribution in [3.05, 3.63) is 61.2 Å². The molecule has 2 aromatic heterocycles. The van der Waals surface area contributed by atoms with E-state index in [9.17, 15) is 14.9 Å². The molecule has 0 spiro atoms. The van der Waals surface area contributed by atoms with Gasteiger partial charge in [0.2, 0.25) is 0 Å². The molecule has 0 bridgehead atoms. The van der Waals surface area contributed by atoms with Crippen LogP contribution in [-0.2, 0) is 14.1 Å². The molecule has 8 nitrogen and oxygen atoms in total. The van der Waals surface area contributed by atoms with Crippen LogP contribution < -0.4 is 21.3 Å². The summed E-state index contributed by atoms with van der Waals surface area (Å²) in [6.45, 7) is 3.81. The maximum atomic E-state index is 12.3. The molecule has 29 heavy (non-hydrogen) atoms. The number of hydrogen-bond donors (Lipinski definition) is 1. The summed E-state index contributed by atoms with van der Waals surface area (Å²) in [6, 6.07) is 9.28. The molecule has 0 radical (unpaired) electrons. The molecule has 1 N–H and O–H groups in total. The zero-order chi connectivity index (χ0) is 21.3. The second-order valence-corrected chi connectivity index (χ2v) is 7.64. The van der Waals surface area contributed by atoms with Gasteiger partial charge in [0, 0.05) is 24.5 Å². The molecule has 1 atom stereocenters. The van der Waals surface area contributed by atoms with Crippen molar-refractivity contribution in [2.75, 3.05) is 12.4 Å². The van der Waals surface area contributed by atoms with Crippen molar-refractivity contribution >= 4 is 17.2 Å². The lowest BCUT2D eigenvalue weighted by Crippen LogP contribution is -2.40. The first-order valence-corrected chi connectivity index (χ1v) is 9.68. The molecule has 0 aliphatic heterocycles. The molecule has 3 rings (SSSR count). The summed E-state index contributed by atoms with van der Waals surface area (Å²) >= 11 is 1.52. The fourth-order valence-electron chi connectivity index (χ4n) is 3.05. The molecule has 0 saturated carbocycles. The van der Waals surface area contributed by atoms with Crippen molar-refractivity contribution in [1.29, 1.82) is 5.26 Å². The smallest absolute Gasteiger partial charge is 0.332 e. The number of nitriles is 1. The van der Waals surface area contributed by atoms with Gasteiger partial charge in [-0.25, -0.2) is 9.78 Å². The van der Waals surface area contributed by atoms with E-state index in [0.29, 0.717) is 0 Å². The van der Waals surface area contributed by atoms with Crippen LogP contribution in [0.5, 0.6) is 5.75 Å². The lowest BCUT2D eigenvalue weighted by molar-refractivity contribution is 0.415. The van der Waals surface area contributed by atoms with E-state index in [0.717, 1.165) is 31.5 Å². The summed E-state index contributed by atoms with van der Waals surface area (Å²) in [5.74, 6) is 0.972. The molecule has 0 fully saturated rings. The van der Waals surface area contributed by atoms with Gasteiger partial charge < -0.3 is 10.1 Å². The highest BCUT2D eigenvalue weighted by Gasteiger charge is 2.20. The molecule has 0 amide bonds. The Morgan fingerprint density at radius 2 is 1.86 bits per heavy atom. The summed E-state index contributed by atoms with van der Waals surface area (Å²) in [5.41, 5.74) is 0.595. The van der Waals surface area contributed by atoms with Gasteiger partial charge in [-0.15, -0.1) is 11.3 Å². The highest BCUT2D eigenvalue weighted by molar-refractivity contribution is 7.15. The zero-order valence-electron chi connectivity index (χ0n) is 16.8.